The minimum atomic E-state index is -0.299. The van der Waals surface area contributed by atoms with Crippen molar-refractivity contribution in [2.24, 2.45) is 0 Å². The Morgan fingerprint density at radius 1 is 1.17 bits per heavy atom. The average Bonchev–Trinajstić information content (AvgIpc) is 2.17. The molecule has 1 aromatic rings. The first kappa shape index (κ1) is 14.2. The number of ketones is 1. The summed E-state index contributed by atoms with van der Waals surface area (Å²) >= 11 is 0. The van der Waals surface area contributed by atoms with Crippen LogP contribution in [-0.2, 0) is 9.59 Å². The second-order valence-corrected chi connectivity index (χ2v) is 5.17. The molecular formula is C14H19NO3. The minimum Gasteiger partial charge on any atom is -0.488 e. The predicted octanol–water partition coefficient (Wildman–Crippen LogP) is 2.78. The molecule has 0 aliphatic heterocycles. The van der Waals surface area contributed by atoms with Crippen LogP contribution in [0.3, 0.4) is 0 Å². The van der Waals surface area contributed by atoms with E-state index in [2.05, 4.69) is 5.32 Å². The van der Waals surface area contributed by atoms with Crippen molar-refractivity contribution in [2.45, 2.75) is 39.7 Å². The van der Waals surface area contributed by atoms with Crippen LogP contribution in [-0.4, -0.2) is 17.3 Å². The lowest BCUT2D eigenvalue weighted by atomic mass is 10.2. The fraction of sp³-hybridized carbons (Fsp3) is 0.429. The van der Waals surface area contributed by atoms with Gasteiger partial charge >= 0.3 is 0 Å². The first-order valence-electron chi connectivity index (χ1n) is 5.84. The molecule has 1 amide bonds. The highest BCUT2D eigenvalue weighted by Crippen LogP contribution is 2.20. The third-order valence-electron chi connectivity index (χ3n) is 1.97. The van der Waals surface area contributed by atoms with E-state index in [0.717, 1.165) is 5.75 Å². The number of rotatable bonds is 4. The Bertz CT molecular complexity index is 429. The highest BCUT2D eigenvalue weighted by atomic mass is 16.5. The van der Waals surface area contributed by atoms with Gasteiger partial charge in [-0.05, 0) is 52.0 Å². The summed E-state index contributed by atoms with van der Waals surface area (Å²) in [5.41, 5.74) is 0.405. The maximum atomic E-state index is 11.4. The van der Waals surface area contributed by atoms with Crippen molar-refractivity contribution in [1.29, 1.82) is 0 Å². The van der Waals surface area contributed by atoms with Crippen LogP contribution in [0.15, 0.2) is 24.3 Å². The maximum Gasteiger partial charge on any atom is 0.231 e. The van der Waals surface area contributed by atoms with Crippen LogP contribution >= 0.6 is 0 Å². The molecule has 4 heteroatoms. The number of Topliss-reactive ketones (excluding diaryl/α,β-unsaturated/α-hetero) is 1. The van der Waals surface area contributed by atoms with Gasteiger partial charge in [-0.15, -0.1) is 0 Å². The Morgan fingerprint density at radius 3 is 2.17 bits per heavy atom. The zero-order chi connectivity index (χ0) is 13.8. The van der Waals surface area contributed by atoms with Gasteiger partial charge in [0.25, 0.3) is 0 Å². The molecule has 0 aliphatic carbocycles. The Balaban J connectivity index is 2.60. The molecule has 0 aromatic heterocycles. The van der Waals surface area contributed by atoms with E-state index in [1.54, 1.807) is 24.3 Å². The number of carbonyl (C=O) groups is 2. The molecule has 0 fully saturated rings. The third kappa shape index (κ3) is 5.48. The largest absolute Gasteiger partial charge is 0.488 e. The number of benzene rings is 1. The quantitative estimate of drug-likeness (QED) is 0.835. The number of hydrogen-bond donors (Lipinski definition) is 1. The smallest absolute Gasteiger partial charge is 0.231 e. The van der Waals surface area contributed by atoms with E-state index < -0.39 is 0 Å². The monoisotopic (exact) mass is 249 g/mol. The number of amides is 1. The van der Waals surface area contributed by atoms with Gasteiger partial charge in [0.05, 0.1) is 6.42 Å². The molecule has 18 heavy (non-hydrogen) atoms. The molecule has 1 rings (SSSR count). The van der Waals surface area contributed by atoms with Crippen LogP contribution in [0.5, 0.6) is 5.75 Å². The van der Waals surface area contributed by atoms with E-state index in [4.69, 9.17) is 4.74 Å². The van der Waals surface area contributed by atoms with E-state index in [0.29, 0.717) is 5.69 Å². The van der Waals surface area contributed by atoms with Crippen LogP contribution < -0.4 is 10.1 Å². The van der Waals surface area contributed by atoms with E-state index in [9.17, 15) is 9.59 Å². The van der Waals surface area contributed by atoms with Crippen molar-refractivity contribution in [3.63, 3.8) is 0 Å². The summed E-state index contributed by atoms with van der Waals surface area (Å²) in [5.74, 6) is 0.291. The molecule has 0 atom stereocenters. The van der Waals surface area contributed by atoms with E-state index in [1.807, 2.05) is 20.8 Å². The fourth-order valence-electron chi connectivity index (χ4n) is 1.39. The number of carbonyl (C=O) groups excluding carboxylic acids is 2. The first-order valence-corrected chi connectivity index (χ1v) is 5.84. The van der Waals surface area contributed by atoms with Crippen LogP contribution in [0.1, 0.15) is 34.1 Å². The normalized spacial score (nSPS) is 10.9. The van der Waals surface area contributed by atoms with Gasteiger partial charge in [-0.3, -0.25) is 9.59 Å². The van der Waals surface area contributed by atoms with Gasteiger partial charge < -0.3 is 10.1 Å². The summed E-state index contributed by atoms with van der Waals surface area (Å²) < 4.78 is 5.66. The summed E-state index contributed by atoms with van der Waals surface area (Å²) in [6.07, 6.45) is -0.0970. The maximum absolute atomic E-state index is 11.4. The second kappa shape index (κ2) is 5.67. The third-order valence-corrected chi connectivity index (χ3v) is 1.97. The lowest BCUT2D eigenvalue weighted by molar-refractivity contribution is -0.124. The van der Waals surface area contributed by atoms with Gasteiger partial charge in [-0.25, -0.2) is 0 Å². The van der Waals surface area contributed by atoms with Crippen molar-refractivity contribution in [3.05, 3.63) is 24.3 Å². The van der Waals surface area contributed by atoms with Gasteiger partial charge in [-0.2, -0.15) is 0 Å². The van der Waals surface area contributed by atoms with Crippen molar-refractivity contribution in [2.75, 3.05) is 5.32 Å². The molecule has 1 aromatic carbocycles. The molecule has 0 unspecified atom stereocenters. The molecule has 98 valence electrons. The van der Waals surface area contributed by atoms with E-state index >= 15 is 0 Å². The van der Waals surface area contributed by atoms with Crippen molar-refractivity contribution in [3.8, 4) is 5.75 Å². The van der Waals surface area contributed by atoms with Crippen molar-refractivity contribution >= 4 is 17.4 Å². The van der Waals surface area contributed by atoms with Crippen LogP contribution in [0.25, 0.3) is 0 Å². The highest BCUT2D eigenvalue weighted by Gasteiger charge is 2.11. The Labute approximate surface area is 107 Å². The summed E-state index contributed by atoms with van der Waals surface area (Å²) in [7, 11) is 0. The lowest BCUT2D eigenvalue weighted by Gasteiger charge is -2.21. The Hall–Kier alpha value is -1.84. The van der Waals surface area contributed by atoms with Gasteiger partial charge in [0.15, 0.2) is 0 Å². The van der Waals surface area contributed by atoms with Gasteiger partial charge in [-0.1, -0.05) is 0 Å². The summed E-state index contributed by atoms with van der Waals surface area (Å²) in [6, 6.07) is 7.07. The van der Waals surface area contributed by atoms with Crippen LogP contribution in [0.2, 0.25) is 0 Å². The molecule has 1 N–H and O–H groups in total. The number of hydrogen-bond acceptors (Lipinski definition) is 3. The zero-order valence-corrected chi connectivity index (χ0v) is 11.2. The van der Waals surface area contributed by atoms with E-state index in [-0.39, 0.29) is 23.7 Å². The second-order valence-electron chi connectivity index (χ2n) is 5.17. The minimum absolute atomic E-state index is 0.0970. The van der Waals surface area contributed by atoms with Crippen LogP contribution in [0, 0.1) is 0 Å². The van der Waals surface area contributed by atoms with Crippen molar-refractivity contribution in [1.82, 2.24) is 0 Å². The standard InChI is InChI=1S/C14H19NO3/c1-10(16)9-13(17)15-11-5-7-12(8-6-11)18-14(2,3)4/h5-8H,9H2,1-4H3,(H,15,17). The molecule has 0 spiro atoms. The van der Waals surface area contributed by atoms with Gasteiger partial charge in [0, 0.05) is 5.69 Å². The number of nitrogens with one attached hydrogen (secondary N) is 1. The summed E-state index contributed by atoms with van der Waals surface area (Å²) in [6.45, 7) is 7.29. The van der Waals surface area contributed by atoms with E-state index in [1.165, 1.54) is 6.92 Å². The Morgan fingerprint density at radius 2 is 1.72 bits per heavy atom. The molecule has 0 saturated carbocycles. The Kier molecular flexibility index (Phi) is 4.48. The lowest BCUT2D eigenvalue weighted by Crippen LogP contribution is -2.22. The predicted molar refractivity (Wildman–Crippen MR) is 70.8 cm³/mol. The molecule has 0 saturated heterocycles. The first-order chi connectivity index (χ1) is 8.26. The SMILES string of the molecule is CC(=O)CC(=O)Nc1ccc(OC(C)(C)C)cc1. The molecule has 0 radical (unpaired) electrons. The number of anilines is 1. The molecule has 4 nitrogen and oxygen atoms in total. The average molecular weight is 249 g/mol. The van der Waals surface area contributed by atoms with Gasteiger partial charge in [0.2, 0.25) is 5.91 Å². The number of ether oxygens (including phenoxy) is 1. The summed E-state index contributed by atoms with van der Waals surface area (Å²) in [5, 5.41) is 2.65. The highest BCUT2D eigenvalue weighted by molar-refractivity contribution is 6.03. The van der Waals surface area contributed by atoms with Crippen molar-refractivity contribution < 1.29 is 14.3 Å². The zero-order valence-electron chi connectivity index (χ0n) is 11.2. The molecular weight excluding hydrogens is 230 g/mol. The molecule has 0 aliphatic rings. The molecule has 0 bridgehead atoms. The van der Waals surface area contributed by atoms with Crippen LogP contribution in [0.4, 0.5) is 5.69 Å². The summed E-state index contributed by atoms with van der Waals surface area (Å²) in [4.78, 5) is 22.1. The molecule has 0 heterocycles. The fourth-order valence-corrected chi connectivity index (χ4v) is 1.39. The topological polar surface area (TPSA) is 55.4 Å². The van der Waals surface area contributed by atoms with Gasteiger partial charge in [0.1, 0.15) is 17.1 Å².